The van der Waals surface area contributed by atoms with E-state index in [1.165, 1.54) is 35.0 Å². The van der Waals surface area contributed by atoms with Gasteiger partial charge in [0.25, 0.3) is 5.56 Å². The monoisotopic (exact) mass is 478 g/mol. The third-order valence-corrected chi connectivity index (χ3v) is 5.25. The molecule has 172 valence electrons. The van der Waals surface area contributed by atoms with Gasteiger partial charge in [-0.3, -0.25) is 19.0 Å². The van der Waals surface area contributed by atoms with Crippen LogP contribution in [0.3, 0.4) is 0 Å². The predicted octanol–water partition coefficient (Wildman–Crippen LogP) is 4.26. The molecule has 0 aliphatic carbocycles. The molecule has 0 atom stereocenters. The normalized spacial score (nSPS) is 11.1. The minimum absolute atomic E-state index is 0.127. The summed E-state index contributed by atoms with van der Waals surface area (Å²) in [6, 6.07) is 11.9. The van der Waals surface area contributed by atoms with E-state index in [1.54, 1.807) is 24.3 Å². The molecule has 4 rings (SSSR count). The van der Waals surface area contributed by atoms with Gasteiger partial charge >= 0.3 is 0 Å². The number of halogens is 2. The Bertz CT molecular complexity index is 1480. The lowest BCUT2D eigenvalue weighted by Gasteiger charge is -2.15. The number of aromatic nitrogens is 3. The Morgan fingerprint density at radius 2 is 1.94 bits per heavy atom. The Hall–Kier alpha value is -3.91. The fraction of sp³-hybridized carbons (Fsp3) is 0.160. The zero-order valence-electron chi connectivity index (χ0n) is 18.4. The maximum absolute atomic E-state index is 13.9. The van der Waals surface area contributed by atoms with E-state index in [9.17, 15) is 18.8 Å². The second-order valence-corrected chi connectivity index (χ2v) is 8.48. The molecule has 0 fully saturated rings. The van der Waals surface area contributed by atoms with Gasteiger partial charge in [-0.05, 0) is 55.8 Å². The molecule has 0 bridgehead atoms. The van der Waals surface area contributed by atoms with E-state index in [-0.39, 0.29) is 35.4 Å². The topological polar surface area (TPSA) is 93.9 Å². The van der Waals surface area contributed by atoms with E-state index < -0.39 is 11.4 Å². The van der Waals surface area contributed by atoms with Gasteiger partial charge in [-0.15, -0.1) is 0 Å². The van der Waals surface area contributed by atoms with Crippen LogP contribution in [0, 0.1) is 5.82 Å². The van der Waals surface area contributed by atoms with Gasteiger partial charge in [0, 0.05) is 34.0 Å². The fourth-order valence-electron chi connectivity index (χ4n) is 3.62. The van der Waals surface area contributed by atoms with Crippen LogP contribution in [-0.4, -0.2) is 32.8 Å². The Morgan fingerprint density at radius 3 is 2.65 bits per heavy atom. The number of nitrogens with zero attached hydrogens (tertiary/aromatic N) is 3. The number of amides is 1. The molecule has 0 spiro atoms. The number of aldehydes is 1. The van der Waals surface area contributed by atoms with Crippen LogP contribution in [0.1, 0.15) is 24.2 Å². The van der Waals surface area contributed by atoms with Crippen molar-refractivity contribution in [1.82, 2.24) is 19.9 Å². The maximum Gasteiger partial charge on any atom is 0.263 e. The summed E-state index contributed by atoms with van der Waals surface area (Å²) < 4.78 is 15.1. The number of hydrogen-bond acceptors (Lipinski definition) is 5. The molecule has 9 heteroatoms. The van der Waals surface area contributed by atoms with Gasteiger partial charge in [0.05, 0.1) is 5.39 Å². The molecule has 0 saturated heterocycles. The molecule has 4 aromatic rings. The highest BCUT2D eigenvalue weighted by atomic mass is 35.5. The summed E-state index contributed by atoms with van der Waals surface area (Å²) in [5.41, 5.74) is 1.51. The molecule has 0 aliphatic rings. The summed E-state index contributed by atoms with van der Waals surface area (Å²) in [5, 5.41) is 3.28. The molecular formula is C25H20ClFN4O3. The van der Waals surface area contributed by atoms with E-state index in [0.29, 0.717) is 33.6 Å². The number of rotatable bonds is 6. The minimum Gasteiger partial charge on any atom is -0.352 e. The van der Waals surface area contributed by atoms with Crippen molar-refractivity contribution in [1.29, 1.82) is 0 Å². The standard InChI is InChI=1S/C25H20ClFN4O3/c1-14(2)29-22(33)12-31-24(16-4-3-5-20(27)9-16)30-23-21(25(31)34)10-18(11-28-23)17-6-15(13-32)7-19(26)8-17/h3-11,13-14H,12H2,1-2H3,(H,29,33). The summed E-state index contributed by atoms with van der Waals surface area (Å²) in [6.45, 7) is 3.31. The molecule has 0 radical (unpaired) electrons. The van der Waals surface area contributed by atoms with Crippen LogP contribution in [0.15, 0.2) is 59.5 Å². The lowest BCUT2D eigenvalue weighted by Crippen LogP contribution is -2.37. The summed E-state index contributed by atoms with van der Waals surface area (Å²) in [6.07, 6.45) is 2.19. The molecule has 34 heavy (non-hydrogen) atoms. The molecule has 1 N–H and O–H groups in total. The molecule has 2 aromatic carbocycles. The Balaban J connectivity index is 1.92. The predicted molar refractivity (Wildman–Crippen MR) is 128 cm³/mol. The highest BCUT2D eigenvalue weighted by Crippen LogP contribution is 2.26. The molecule has 0 aliphatic heterocycles. The van der Waals surface area contributed by atoms with Gasteiger partial charge < -0.3 is 5.32 Å². The van der Waals surface area contributed by atoms with E-state index in [4.69, 9.17) is 11.6 Å². The van der Waals surface area contributed by atoms with Crippen molar-refractivity contribution in [3.8, 4) is 22.5 Å². The quantitative estimate of drug-likeness (QED) is 0.418. The molecule has 7 nitrogen and oxygen atoms in total. The first-order chi connectivity index (χ1) is 16.2. The molecule has 1 amide bonds. The summed E-state index contributed by atoms with van der Waals surface area (Å²) in [4.78, 5) is 46.1. The van der Waals surface area contributed by atoms with E-state index >= 15 is 0 Å². The number of benzene rings is 2. The van der Waals surface area contributed by atoms with Crippen molar-refractivity contribution in [3.05, 3.63) is 81.5 Å². The second kappa shape index (κ2) is 9.52. The average molecular weight is 479 g/mol. The lowest BCUT2D eigenvalue weighted by molar-refractivity contribution is -0.122. The zero-order valence-corrected chi connectivity index (χ0v) is 19.1. The van der Waals surface area contributed by atoms with E-state index in [2.05, 4.69) is 15.3 Å². The van der Waals surface area contributed by atoms with Crippen molar-refractivity contribution >= 4 is 34.8 Å². The molecule has 0 unspecified atom stereocenters. The first-order valence-electron chi connectivity index (χ1n) is 10.5. The highest BCUT2D eigenvalue weighted by molar-refractivity contribution is 6.31. The van der Waals surface area contributed by atoms with Crippen molar-refractivity contribution in [2.75, 3.05) is 0 Å². The van der Waals surface area contributed by atoms with Gasteiger partial charge in [-0.25, -0.2) is 14.4 Å². The largest absolute Gasteiger partial charge is 0.352 e. The van der Waals surface area contributed by atoms with Gasteiger partial charge in [-0.1, -0.05) is 23.7 Å². The van der Waals surface area contributed by atoms with Crippen LogP contribution in [0.25, 0.3) is 33.5 Å². The van der Waals surface area contributed by atoms with Crippen molar-refractivity contribution in [2.45, 2.75) is 26.4 Å². The highest BCUT2D eigenvalue weighted by Gasteiger charge is 2.18. The summed E-state index contributed by atoms with van der Waals surface area (Å²) in [5.74, 6) is -0.757. The average Bonchev–Trinajstić information content (AvgIpc) is 2.79. The Morgan fingerprint density at radius 1 is 1.15 bits per heavy atom. The smallest absolute Gasteiger partial charge is 0.263 e. The number of hydrogen-bond donors (Lipinski definition) is 1. The van der Waals surface area contributed by atoms with Crippen LogP contribution < -0.4 is 10.9 Å². The Labute approximate surface area is 199 Å². The minimum atomic E-state index is -0.504. The number of fused-ring (bicyclic) bond motifs is 1. The third kappa shape index (κ3) is 4.87. The number of nitrogens with one attached hydrogen (secondary N) is 1. The third-order valence-electron chi connectivity index (χ3n) is 5.03. The SMILES string of the molecule is CC(C)NC(=O)Cn1c(-c2cccc(F)c2)nc2ncc(-c3cc(Cl)cc(C=O)c3)cc2c1=O. The van der Waals surface area contributed by atoms with Crippen LogP contribution >= 0.6 is 11.6 Å². The number of carbonyl (C=O) groups is 2. The van der Waals surface area contributed by atoms with E-state index in [0.717, 1.165) is 0 Å². The van der Waals surface area contributed by atoms with Crippen LogP contribution in [0.5, 0.6) is 0 Å². The first kappa shape index (κ1) is 23.3. The summed E-state index contributed by atoms with van der Waals surface area (Å²) >= 11 is 6.12. The first-order valence-corrected chi connectivity index (χ1v) is 10.8. The number of pyridine rings is 1. The van der Waals surface area contributed by atoms with Crippen LogP contribution in [-0.2, 0) is 11.3 Å². The van der Waals surface area contributed by atoms with Crippen molar-refractivity contribution in [2.24, 2.45) is 0 Å². The van der Waals surface area contributed by atoms with Gasteiger partial charge in [0.1, 0.15) is 24.5 Å². The second-order valence-electron chi connectivity index (χ2n) is 8.05. The van der Waals surface area contributed by atoms with Gasteiger partial charge in [0.2, 0.25) is 5.91 Å². The maximum atomic E-state index is 13.9. The number of carbonyl (C=O) groups excluding carboxylic acids is 2. The van der Waals surface area contributed by atoms with E-state index in [1.807, 2.05) is 13.8 Å². The lowest BCUT2D eigenvalue weighted by atomic mass is 10.0. The fourth-order valence-corrected chi connectivity index (χ4v) is 3.86. The molecular weight excluding hydrogens is 459 g/mol. The Kier molecular flexibility index (Phi) is 6.51. The molecule has 0 saturated carbocycles. The van der Waals surface area contributed by atoms with Gasteiger partial charge in [0.15, 0.2) is 5.65 Å². The summed E-state index contributed by atoms with van der Waals surface area (Å²) in [7, 11) is 0. The molecule has 2 heterocycles. The van der Waals surface area contributed by atoms with Crippen LogP contribution in [0.2, 0.25) is 5.02 Å². The zero-order chi connectivity index (χ0) is 24.4. The molecule has 2 aromatic heterocycles. The van der Waals surface area contributed by atoms with Crippen LogP contribution in [0.4, 0.5) is 4.39 Å². The van der Waals surface area contributed by atoms with Crippen molar-refractivity contribution < 1.29 is 14.0 Å². The van der Waals surface area contributed by atoms with Crippen molar-refractivity contribution in [3.63, 3.8) is 0 Å². The van der Waals surface area contributed by atoms with Gasteiger partial charge in [-0.2, -0.15) is 0 Å².